The van der Waals surface area contributed by atoms with Gasteiger partial charge in [0.25, 0.3) is 0 Å². The van der Waals surface area contributed by atoms with E-state index in [0.717, 1.165) is 61.0 Å². The van der Waals surface area contributed by atoms with Crippen molar-refractivity contribution in [1.29, 1.82) is 0 Å². The standard InChI is InChI=1S/C59H63N3OS2/c63-57(48-65-59(54-31-16-5-17-32-54,55-33-18-6-19-34-55)56-35-20-7-21-36-56)60-39-44-62(41-22-40-61-42-37-50(38-43-61)47-49-23-8-1-9-24-49)45-46-64-58(51-25-10-2-11-26-51,52-27-12-3-13-28-52)53-29-14-4-15-30-53/h1-21,23-36,50H,22,37-48H2,(H,60,63). The lowest BCUT2D eigenvalue weighted by atomic mass is 9.84. The molecule has 1 fully saturated rings. The van der Waals surface area contributed by atoms with Crippen LogP contribution in [-0.2, 0) is 20.7 Å². The Morgan fingerprint density at radius 2 is 0.892 bits per heavy atom. The number of piperidine rings is 1. The molecule has 4 nitrogen and oxygen atoms in total. The van der Waals surface area contributed by atoms with Gasteiger partial charge in [-0.15, -0.1) is 23.5 Å². The third-order valence-corrected chi connectivity index (χ3v) is 16.1. The van der Waals surface area contributed by atoms with Gasteiger partial charge >= 0.3 is 0 Å². The van der Waals surface area contributed by atoms with E-state index < -0.39 is 4.75 Å². The fourth-order valence-corrected chi connectivity index (χ4v) is 12.6. The van der Waals surface area contributed by atoms with Gasteiger partial charge in [0.2, 0.25) is 5.91 Å². The number of rotatable bonds is 22. The van der Waals surface area contributed by atoms with Crippen LogP contribution in [0.3, 0.4) is 0 Å². The van der Waals surface area contributed by atoms with E-state index in [2.05, 4.69) is 227 Å². The second-order valence-corrected chi connectivity index (χ2v) is 19.7. The van der Waals surface area contributed by atoms with Crippen molar-refractivity contribution in [3.63, 3.8) is 0 Å². The summed E-state index contributed by atoms with van der Waals surface area (Å²) in [6, 6.07) is 75.9. The van der Waals surface area contributed by atoms with Crippen LogP contribution in [0.5, 0.6) is 0 Å². The number of nitrogens with zero attached hydrogens (tertiary/aromatic N) is 2. The van der Waals surface area contributed by atoms with E-state index in [4.69, 9.17) is 0 Å². The molecular weight excluding hydrogens is 831 g/mol. The molecule has 8 rings (SSSR count). The Morgan fingerprint density at radius 1 is 0.508 bits per heavy atom. The van der Waals surface area contributed by atoms with Gasteiger partial charge in [-0.05, 0) is 96.7 Å². The lowest BCUT2D eigenvalue weighted by molar-refractivity contribution is -0.118. The van der Waals surface area contributed by atoms with Crippen LogP contribution in [0.1, 0.15) is 58.2 Å². The lowest BCUT2D eigenvalue weighted by Gasteiger charge is -2.36. The summed E-state index contributed by atoms with van der Waals surface area (Å²) in [6.07, 6.45) is 4.82. The van der Waals surface area contributed by atoms with Crippen LogP contribution in [0.25, 0.3) is 0 Å². The summed E-state index contributed by atoms with van der Waals surface area (Å²) in [5.41, 5.74) is 8.81. The SMILES string of the molecule is O=C(CSC(c1ccccc1)(c1ccccc1)c1ccccc1)NCCN(CCCN1CCC(Cc2ccccc2)CC1)CCSC(c1ccccc1)(c1ccccc1)c1ccccc1. The van der Waals surface area contributed by atoms with Gasteiger partial charge in [0.05, 0.1) is 15.2 Å². The molecule has 0 atom stereocenters. The van der Waals surface area contributed by atoms with E-state index in [1.54, 1.807) is 11.8 Å². The molecular formula is C59H63N3OS2. The highest BCUT2D eigenvalue weighted by atomic mass is 32.2. The predicted molar refractivity (Wildman–Crippen MR) is 277 cm³/mol. The number of hydrogen-bond acceptors (Lipinski definition) is 5. The molecule has 0 spiro atoms. The van der Waals surface area contributed by atoms with Gasteiger partial charge < -0.3 is 15.1 Å². The minimum Gasteiger partial charge on any atom is -0.354 e. The van der Waals surface area contributed by atoms with Gasteiger partial charge in [-0.25, -0.2) is 0 Å². The second kappa shape index (κ2) is 23.7. The van der Waals surface area contributed by atoms with Crippen molar-refractivity contribution in [2.24, 2.45) is 5.92 Å². The van der Waals surface area contributed by atoms with Crippen LogP contribution in [0.15, 0.2) is 212 Å². The molecule has 1 saturated heterocycles. The van der Waals surface area contributed by atoms with E-state index in [-0.39, 0.29) is 10.7 Å². The van der Waals surface area contributed by atoms with Crippen LogP contribution in [0, 0.1) is 5.92 Å². The smallest absolute Gasteiger partial charge is 0.230 e. The van der Waals surface area contributed by atoms with Crippen molar-refractivity contribution in [3.8, 4) is 0 Å². The number of benzene rings is 7. The molecule has 0 aromatic heterocycles. The molecule has 1 heterocycles. The van der Waals surface area contributed by atoms with Crippen molar-refractivity contribution < 1.29 is 4.79 Å². The first-order chi connectivity index (χ1) is 32.1. The summed E-state index contributed by atoms with van der Waals surface area (Å²) in [4.78, 5) is 19.3. The summed E-state index contributed by atoms with van der Waals surface area (Å²) in [5, 5.41) is 3.37. The highest BCUT2D eigenvalue weighted by Gasteiger charge is 2.38. The molecule has 1 N–H and O–H groups in total. The van der Waals surface area contributed by atoms with Gasteiger partial charge in [0.15, 0.2) is 0 Å². The normalized spacial score (nSPS) is 13.7. The number of hydrogen-bond donors (Lipinski definition) is 1. The summed E-state index contributed by atoms with van der Waals surface area (Å²) in [5.74, 6) is 2.09. The molecule has 6 heteroatoms. The Labute approximate surface area is 396 Å². The topological polar surface area (TPSA) is 35.6 Å². The molecule has 0 radical (unpaired) electrons. The van der Waals surface area contributed by atoms with Gasteiger partial charge in [0, 0.05) is 25.4 Å². The van der Waals surface area contributed by atoms with Crippen LogP contribution >= 0.6 is 23.5 Å². The van der Waals surface area contributed by atoms with E-state index in [0.29, 0.717) is 12.3 Å². The van der Waals surface area contributed by atoms with Crippen LogP contribution in [0.2, 0.25) is 0 Å². The molecule has 0 saturated carbocycles. The van der Waals surface area contributed by atoms with Crippen LogP contribution in [0.4, 0.5) is 0 Å². The van der Waals surface area contributed by atoms with Crippen molar-refractivity contribution >= 4 is 29.4 Å². The number of carbonyl (C=O) groups is 1. The minimum atomic E-state index is -0.539. The first kappa shape index (κ1) is 46.2. The largest absolute Gasteiger partial charge is 0.354 e. The molecule has 65 heavy (non-hydrogen) atoms. The van der Waals surface area contributed by atoms with Gasteiger partial charge in [-0.2, -0.15) is 0 Å². The maximum absolute atomic E-state index is 14.0. The highest BCUT2D eigenvalue weighted by Crippen LogP contribution is 2.49. The Kier molecular flexibility index (Phi) is 16.8. The second-order valence-electron chi connectivity index (χ2n) is 17.2. The van der Waals surface area contributed by atoms with E-state index in [9.17, 15) is 4.79 Å². The Morgan fingerprint density at radius 3 is 1.31 bits per heavy atom. The zero-order valence-electron chi connectivity index (χ0n) is 37.6. The maximum Gasteiger partial charge on any atom is 0.230 e. The van der Waals surface area contributed by atoms with Gasteiger partial charge in [-0.1, -0.05) is 212 Å². The average molecular weight is 894 g/mol. The summed E-state index contributed by atoms with van der Waals surface area (Å²) in [6.45, 7) is 6.76. The average Bonchev–Trinajstić information content (AvgIpc) is 3.38. The van der Waals surface area contributed by atoms with Gasteiger partial charge in [0.1, 0.15) is 0 Å². The Balaban J connectivity index is 0.953. The van der Waals surface area contributed by atoms with E-state index >= 15 is 0 Å². The quantitative estimate of drug-likeness (QED) is 0.0686. The van der Waals surface area contributed by atoms with Crippen molar-refractivity contribution in [3.05, 3.63) is 251 Å². The maximum atomic E-state index is 14.0. The zero-order valence-corrected chi connectivity index (χ0v) is 39.2. The first-order valence-corrected chi connectivity index (χ1v) is 25.5. The molecule has 7 aromatic carbocycles. The van der Waals surface area contributed by atoms with Crippen molar-refractivity contribution in [2.75, 3.05) is 57.3 Å². The molecule has 0 unspecified atom stereocenters. The summed E-state index contributed by atoms with van der Waals surface area (Å²) >= 11 is 3.72. The van der Waals surface area contributed by atoms with E-state index in [1.165, 1.54) is 54.6 Å². The molecule has 7 aromatic rings. The van der Waals surface area contributed by atoms with Crippen molar-refractivity contribution in [2.45, 2.75) is 35.2 Å². The number of likely N-dealkylation sites (tertiary alicyclic amines) is 1. The monoisotopic (exact) mass is 893 g/mol. The molecule has 0 aliphatic carbocycles. The van der Waals surface area contributed by atoms with Crippen LogP contribution < -0.4 is 5.32 Å². The highest BCUT2D eigenvalue weighted by molar-refractivity contribution is 8.01. The predicted octanol–water partition coefficient (Wildman–Crippen LogP) is 12.2. The molecule has 1 aliphatic rings. The number of thioether (sulfide) groups is 2. The minimum absolute atomic E-state index is 0.0612. The van der Waals surface area contributed by atoms with E-state index in [1.807, 2.05) is 11.8 Å². The fraction of sp³-hybridized carbons (Fsp3) is 0.271. The molecule has 1 amide bonds. The summed E-state index contributed by atoms with van der Waals surface area (Å²) in [7, 11) is 0. The Hall–Kier alpha value is -5.37. The fourth-order valence-electron chi connectivity index (χ4n) is 9.66. The first-order valence-electron chi connectivity index (χ1n) is 23.5. The molecule has 332 valence electrons. The number of amides is 1. The van der Waals surface area contributed by atoms with Crippen LogP contribution in [-0.4, -0.2) is 73.0 Å². The molecule has 0 bridgehead atoms. The third-order valence-electron chi connectivity index (χ3n) is 13.0. The summed E-state index contributed by atoms with van der Waals surface area (Å²) < 4.78 is -0.906. The lowest BCUT2D eigenvalue weighted by Crippen LogP contribution is -2.40. The zero-order chi connectivity index (χ0) is 44.4. The third kappa shape index (κ3) is 11.9. The molecule has 1 aliphatic heterocycles. The van der Waals surface area contributed by atoms with Crippen molar-refractivity contribution in [1.82, 2.24) is 15.1 Å². The number of carbonyl (C=O) groups excluding carboxylic acids is 1. The van der Waals surface area contributed by atoms with Gasteiger partial charge in [-0.3, -0.25) is 4.79 Å². The number of nitrogens with one attached hydrogen (secondary N) is 1. The Bertz CT molecular complexity index is 2220.